The Morgan fingerprint density at radius 2 is 2.09 bits per heavy atom. The first-order chi connectivity index (χ1) is 15.5. The van der Waals surface area contributed by atoms with Crippen LogP contribution in [0.3, 0.4) is 0 Å². The van der Waals surface area contributed by atoms with Crippen molar-refractivity contribution in [2.24, 2.45) is 5.41 Å². The molecule has 1 spiro atoms. The maximum absolute atomic E-state index is 11.5. The second-order valence-corrected chi connectivity index (χ2v) is 9.49. The SMILES string of the molecule is CC(C)OCc1ccc(-c2nn3ccccc3c2C2CCCCC23CN(C(=O)O)C3)cn1. The molecule has 1 saturated carbocycles. The summed E-state index contributed by atoms with van der Waals surface area (Å²) in [4.78, 5) is 17.7. The van der Waals surface area contributed by atoms with Gasteiger partial charge in [-0.2, -0.15) is 5.10 Å². The summed E-state index contributed by atoms with van der Waals surface area (Å²) in [6.45, 7) is 5.75. The maximum Gasteiger partial charge on any atom is 0.407 e. The molecule has 5 rings (SSSR count). The number of fused-ring (bicyclic) bond motifs is 1. The molecule has 0 bridgehead atoms. The van der Waals surface area contributed by atoms with Crippen LogP contribution in [0.2, 0.25) is 0 Å². The zero-order valence-electron chi connectivity index (χ0n) is 18.7. The van der Waals surface area contributed by atoms with Gasteiger partial charge in [0, 0.05) is 42.0 Å². The molecule has 1 aliphatic carbocycles. The van der Waals surface area contributed by atoms with Crippen LogP contribution in [-0.4, -0.2) is 49.9 Å². The molecule has 7 heteroatoms. The smallest absolute Gasteiger partial charge is 0.407 e. The molecule has 0 aromatic carbocycles. The molecule has 1 saturated heterocycles. The fourth-order valence-electron chi connectivity index (χ4n) is 5.46. The van der Waals surface area contributed by atoms with Crippen molar-refractivity contribution in [2.45, 2.75) is 58.2 Å². The predicted octanol–water partition coefficient (Wildman–Crippen LogP) is 4.96. The summed E-state index contributed by atoms with van der Waals surface area (Å²) in [6, 6.07) is 10.3. The molecule has 4 heterocycles. The third-order valence-corrected chi connectivity index (χ3v) is 7.03. The normalized spacial score (nSPS) is 20.1. The molecule has 1 amide bonds. The number of likely N-dealkylation sites (tertiary alicyclic amines) is 1. The van der Waals surface area contributed by atoms with Gasteiger partial charge in [-0.3, -0.25) is 4.98 Å². The zero-order chi connectivity index (χ0) is 22.3. The largest absolute Gasteiger partial charge is 0.465 e. The van der Waals surface area contributed by atoms with E-state index in [9.17, 15) is 9.90 Å². The zero-order valence-corrected chi connectivity index (χ0v) is 18.7. The number of pyridine rings is 2. The van der Waals surface area contributed by atoms with Gasteiger partial charge in [0.25, 0.3) is 0 Å². The quantitative estimate of drug-likeness (QED) is 0.614. The Morgan fingerprint density at radius 3 is 2.81 bits per heavy atom. The van der Waals surface area contributed by atoms with Crippen LogP contribution in [0.4, 0.5) is 4.79 Å². The van der Waals surface area contributed by atoms with E-state index in [1.54, 1.807) is 4.90 Å². The van der Waals surface area contributed by atoms with Gasteiger partial charge in [0.2, 0.25) is 0 Å². The van der Waals surface area contributed by atoms with Gasteiger partial charge in [-0.1, -0.05) is 18.9 Å². The Morgan fingerprint density at radius 1 is 1.25 bits per heavy atom. The van der Waals surface area contributed by atoms with E-state index in [1.807, 2.05) is 42.9 Å². The molecule has 2 fully saturated rings. The van der Waals surface area contributed by atoms with Crippen LogP contribution < -0.4 is 0 Å². The van der Waals surface area contributed by atoms with E-state index in [2.05, 4.69) is 23.2 Å². The average molecular weight is 435 g/mol. The molecule has 0 radical (unpaired) electrons. The summed E-state index contributed by atoms with van der Waals surface area (Å²) >= 11 is 0. The van der Waals surface area contributed by atoms with Gasteiger partial charge >= 0.3 is 6.09 Å². The first kappa shape index (κ1) is 20.9. The molecule has 7 nitrogen and oxygen atoms in total. The minimum absolute atomic E-state index is 0.00320. The Hall–Kier alpha value is -2.93. The summed E-state index contributed by atoms with van der Waals surface area (Å²) in [5.74, 6) is 0.283. The molecule has 1 N–H and O–H groups in total. The molecular weight excluding hydrogens is 404 g/mol. The Bertz CT molecular complexity index is 1120. The average Bonchev–Trinajstić information content (AvgIpc) is 3.15. The van der Waals surface area contributed by atoms with E-state index in [0.717, 1.165) is 48.2 Å². The van der Waals surface area contributed by atoms with Crippen molar-refractivity contribution in [3.8, 4) is 11.3 Å². The van der Waals surface area contributed by atoms with Crippen LogP contribution in [0.1, 0.15) is 56.7 Å². The molecule has 3 aromatic heterocycles. The summed E-state index contributed by atoms with van der Waals surface area (Å²) in [5, 5.41) is 14.4. The van der Waals surface area contributed by atoms with E-state index in [1.165, 1.54) is 5.56 Å². The van der Waals surface area contributed by atoms with E-state index >= 15 is 0 Å². The first-order valence-electron chi connectivity index (χ1n) is 11.5. The topological polar surface area (TPSA) is 80.0 Å². The van der Waals surface area contributed by atoms with Crippen molar-refractivity contribution in [1.29, 1.82) is 0 Å². The third kappa shape index (κ3) is 3.64. The van der Waals surface area contributed by atoms with E-state index in [4.69, 9.17) is 9.84 Å². The van der Waals surface area contributed by atoms with E-state index in [-0.39, 0.29) is 17.4 Å². The predicted molar refractivity (Wildman–Crippen MR) is 122 cm³/mol. The number of amides is 1. The minimum Gasteiger partial charge on any atom is -0.465 e. The van der Waals surface area contributed by atoms with Gasteiger partial charge < -0.3 is 14.7 Å². The molecule has 1 unspecified atom stereocenters. The summed E-state index contributed by atoms with van der Waals surface area (Å²) in [7, 11) is 0. The lowest BCUT2D eigenvalue weighted by atomic mass is 9.59. The second kappa shape index (κ2) is 8.20. The minimum atomic E-state index is -0.816. The van der Waals surface area contributed by atoms with Crippen molar-refractivity contribution >= 4 is 11.6 Å². The molecule has 1 aliphatic heterocycles. The number of carboxylic acid groups (broad SMARTS) is 1. The van der Waals surface area contributed by atoms with Crippen molar-refractivity contribution in [3.05, 3.63) is 54.0 Å². The van der Waals surface area contributed by atoms with E-state index in [0.29, 0.717) is 19.7 Å². The standard InChI is InChI=1S/C25H30N4O3/c1-17(2)32-14-19-10-9-18(13-26-19)23-22(21-8-4-6-12-29(21)27-23)20-7-3-5-11-25(20)15-28(16-25)24(30)31/h4,6,8-10,12-13,17,20H,3,5,7,11,14-16H2,1-2H3,(H,30,31). The van der Waals surface area contributed by atoms with Crippen molar-refractivity contribution in [1.82, 2.24) is 19.5 Å². The highest BCUT2D eigenvalue weighted by atomic mass is 16.5. The van der Waals surface area contributed by atoms with Crippen molar-refractivity contribution in [3.63, 3.8) is 0 Å². The highest BCUT2D eigenvalue weighted by molar-refractivity contribution is 5.74. The third-order valence-electron chi connectivity index (χ3n) is 7.03. The lowest BCUT2D eigenvalue weighted by molar-refractivity contribution is -0.0312. The first-order valence-corrected chi connectivity index (χ1v) is 11.5. The van der Waals surface area contributed by atoms with Crippen LogP contribution >= 0.6 is 0 Å². The lowest BCUT2D eigenvalue weighted by Crippen LogP contribution is -2.61. The Labute approximate surface area is 188 Å². The summed E-state index contributed by atoms with van der Waals surface area (Å²) in [6.07, 6.45) is 7.67. The Kier molecular flexibility index (Phi) is 5.37. The van der Waals surface area contributed by atoms with Gasteiger partial charge in [-0.25, -0.2) is 9.31 Å². The van der Waals surface area contributed by atoms with Crippen molar-refractivity contribution < 1.29 is 14.6 Å². The molecule has 2 aliphatic rings. The fourth-order valence-corrected chi connectivity index (χ4v) is 5.46. The van der Waals surface area contributed by atoms with Gasteiger partial charge in [-0.15, -0.1) is 0 Å². The van der Waals surface area contributed by atoms with Crippen molar-refractivity contribution in [2.75, 3.05) is 13.1 Å². The summed E-state index contributed by atoms with van der Waals surface area (Å²) in [5.41, 5.74) is 5.20. The monoisotopic (exact) mass is 434 g/mol. The molecular formula is C25H30N4O3. The number of ether oxygens (including phenoxy) is 1. The van der Waals surface area contributed by atoms with Crippen LogP contribution in [0.5, 0.6) is 0 Å². The van der Waals surface area contributed by atoms with Crippen LogP contribution in [-0.2, 0) is 11.3 Å². The number of hydrogen-bond donors (Lipinski definition) is 1. The molecule has 32 heavy (non-hydrogen) atoms. The molecule has 3 aromatic rings. The fraction of sp³-hybridized carbons (Fsp3) is 0.480. The van der Waals surface area contributed by atoms with E-state index < -0.39 is 6.09 Å². The van der Waals surface area contributed by atoms with Gasteiger partial charge in [-0.05, 0) is 56.9 Å². The van der Waals surface area contributed by atoms with Crippen LogP contribution in [0, 0.1) is 5.41 Å². The summed E-state index contributed by atoms with van der Waals surface area (Å²) < 4.78 is 7.64. The molecule has 1 atom stereocenters. The second-order valence-electron chi connectivity index (χ2n) is 9.49. The van der Waals surface area contributed by atoms with Gasteiger partial charge in [0.1, 0.15) is 0 Å². The highest BCUT2D eigenvalue weighted by Gasteiger charge is 2.53. The lowest BCUT2D eigenvalue weighted by Gasteiger charge is -2.55. The van der Waals surface area contributed by atoms with Crippen LogP contribution in [0.15, 0.2) is 42.7 Å². The van der Waals surface area contributed by atoms with Gasteiger partial charge in [0.05, 0.1) is 29.6 Å². The molecule has 168 valence electrons. The number of rotatable bonds is 5. The number of carbonyl (C=O) groups is 1. The number of hydrogen-bond acceptors (Lipinski definition) is 4. The number of aromatic nitrogens is 3. The number of nitrogens with zero attached hydrogens (tertiary/aromatic N) is 4. The maximum atomic E-state index is 11.5. The highest BCUT2D eigenvalue weighted by Crippen LogP contribution is 2.55. The van der Waals surface area contributed by atoms with Crippen LogP contribution in [0.25, 0.3) is 16.8 Å². The van der Waals surface area contributed by atoms with Gasteiger partial charge in [0.15, 0.2) is 0 Å². The Balaban J connectivity index is 1.54.